The van der Waals surface area contributed by atoms with Crippen molar-refractivity contribution in [2.75, 3.05) is 37.0 Å². The summed E-state index contributed by atoms with van der Waals surface area (Å²) in [6.07, 6.45) is 2.61. The van der Waals surface area contributed by atoms with E-state index in [4.69, 9.17) is 20.9 Å². The van der Waals surface area contributed by atoms with Gasteiger partial charge in [-0.1, -0.05) is 6.07 Å². The number of pyridine rings is 1. The maximum Gasteiger partial charge on any atom is 0.416 e. The topological polar surface area (TPSA) is 222 Å². The third-order valence-corrected chi connectivity index (χ3v) is 9.20. The number of esters is 1. The first-order valence-corrected chi connectivity index (χ1v) is 18.4. The van der Waals surface area contributed by atoms with Crippen LogP contribution in [0.15, 0.2) is 59.6 Å². The maximum atomic E-state index is 12.6. The molecule has 0 spiro atoms. The van der Waals surface area contributed by atoms with Gasteiger partial charge in [0.25, 0.3) is 0 Å². The van der Waals surface area contributed by atoms with E-state index in [-0.39, 0.29) is 11.3 Å². The molecule has 3 aromatic rings. The Labute approximate surface area is 311 Å². The summed E-state index contributed by atoms with van der Waals surface area (Å²) in [6.45, 7) is 13.5. The minimum atomic E-state index is -3.90. The van der Waals surface area contributed by atoms with Gasteiger partial charge in [-0.2, -0.15) is 4.72 Å². The number of nitrogens with zero attached hydrogens (tertiary/aromatic N) is 2. The molecule has 0 saturated heterocycles. The number of carbonyl (C=O) groups excluding carboxylic acids is 4. The minimum absolute atomic E-state index is 0.0905. The normalized spacial score (nSPS) is 11.7. The van der Waals surface area contributed by atoms with E-state index in [1.165, 1.54) is 18.9 Å². The Bertz CT molecular complexity index is 1810. The molecule has 0 aliphatic rings. The van der Waals surface area contributed by atoms with Crippen molar-refractivity contribution in [2.24, 2.45) is 11.5 Å². The molecule has 2 aromatic carbocycles. The highest BCUT2D eigenvalue weighted by Crippen LogP contribution is 2.26. The largest absolute Gasteiger partial charge is 0.494 e. The Morgan fingerprint density at radius 3 is 2.13 bits per heavy atom. The molecular formula is C37H52N6O9S. The quantitative estimate of drug-likeness (QED) is 0.118. The number of aryl methyl sites for hydroxylation is 3. The summed E-state index contributed by atoms with van der Waals surface area (Å²) in [4.78, 5) is 51.8. The van der Waals surface area contributed by atoms with E-state index in [1.54, 1.807) is 56.4 Å². The molecule has 1 aromatic heterocycles. The van der Waals surface area contributed by atoms with E-state index in [2.05, 4.69) is 19.8 Å². The van der Waals surface area contributed by atoms with Crippen LogP contribution in [0.1, 0.15) is 74.0 Å². The van der Waals surface area contributed by atoms with Gasteiger partial charge in [-0.05, 0) is 120 Å². The number of ether oxygens (including phenoxy) is 3. The number of methoxy groups -OCH3 is 1. The van der Waals surface area contributed by atoms with E-state index in [1.807, 2.05) is 39.8 Å². The summed E-state index contributed by atoms with van der Waals surface area (Å²) in [6, 6.07) is 12.9. The van der Waals surface area contributed by atoms with Crippen molar-refractivity contribution in [1.29, 1.82) is 0 Å². The van der Waals surface area contributed by atoms with Crippen LogP contribution in [0.2, 0.25) is 0 Å². The van der Waals surface area contributed by atoms with Crippen molar-refractivity contribution in [3.63, 3.8) is 0 Å². The van der Waals surface area contributed by atoms with Crippen LogP contribution in [-0.2, 0) is 29.1 Å². The first-order chi connectivity index (χ1) is 24.7. The van der Waals surface area contributed by atoms with Crippen LogP contribution in [0.4, 0.5) is 16.3 Å². The summed E-state index contributed by atoms with van der Waals surface area (Å²) in [5.74, 6) is -0.465. The van der Waals surface area contributed by atoms with Crippen molar-refractivity contribution in [2.45, 2.75) is 84.3 Å². The molecule has 0 saturated carbocycles. The van der Waals surface area contributed by atoms with Gasteiger partial charge in [0.2, 0.25) is 21.8 Å². The van der Waals surface area contributed by atoms with Gasteiger partial charge in [0.05, 0.1) is 18.6 Å². The Kier molecular flexibility index (Phi) is 16.7. The van der Waals surface area contributed by atoms with Gasteiger partial charge in [0, 0.05) is 37.0 Å². The molecule has 15 nitrogen and oxygen atoms in total. The Balaban J connectivity index is 0.000000370. The molecule has 53 heavy (non-hydrogen) atoms. The fraction of sp³-hybridized carbons (Fsp3) is 0.432. The van der Waals surface area contributed by atoms with Crippen molar-refractivity contribution in [3.8, 4) is 5.75 Å². The number of aromatic nitrogens is 1. The zero-order valence-electron chi connectivity index (χ0n) is 31.6. The number of primary amides is 2. The van der Waals surface area contributed by atoms with Crippen LogP contribution in [0, 0.1) is 20.8 Å². The molecule has 3 rings (SSSR count). The summed E-state index contributed by atoms with van der Waals surface area (Å²) < 4.78 is 42.9. The van der Waals surface area contributed by atoms with Gasteiger partial charge < -0.3 is 31.0 Å². The van der Waals surface area contributed by atoms with Crippen molar-refractivity contribution in [1.82, 2.24) is 9.71 Å². The molecule has 16 heteroatoms. The third-order valence-electron chi connectivity index (χ3n) is 7.35. The number of amides is 3. The second-order valence-electron chi connectivity index (χ2n) is 13.2. The van der Waals surface area contributed by atoms with Crippen LogP contribution in [0.5, 0.6) is 5.75 Å². The second kappa shape index (κ2) is 20.1. The lowest BCUT2D eigenvalue weighted by atomic mass is 10.1. The molecule has 0 radical (unpaired) electrons. The van der Waals surface area contributed by atoms with Crippen molar-refractivity contribution in [3.05, 3.63) is 77.0 Å². The van der Waals surface area contributed by atoms with E-state index in [0.29, 0.717) is 60.8 Å². The number of hydrogen-bond donors (Lipinski definition) is 4. The zero-order chi connectivity index (χ0) is 39.9. The molecule has 0 fully saturated rings. The number of sulfonamides is 1. The smallest absolute Gasteiger partial charge is 0.416 e. The van der Waals surface area contributed by atoms with Gasteiger partial charge >= 0.3 is 12.1 Å². The van der Waals surface area contributed by atoms with Gasteiger partial charge in [-0.3, -0.25) is 19.3 Å². The van der Waals surface area contributed by atoms with Gasteiger partial charge in [0.15, 0.2) is 0 Å². The monoisotopic (exact) mass is 756 g/mol. The van der Waals surface area contributed by atoms with Crippen LogP contribution in [0.3, 0.4) is 0 Å². The molecule has 290 valence electrons. The summed E-state index contributed by atoms with van der Waals surface area (Å²) in [5.41, 5.74) is 13.1. The van der Waals surface area contributed by atoms with Crippen LogP contribution in [0.25, 0.3) is 0 Å². The summed E-state index contributed by atoms with van der Waals surface area (Å²) in [7, 11) is -2.71. The lowest BCUT2D eigenvalue weighted by molar-refractivity contribution is -0.142. The number of anilines is 2. The molecule has 6 N–H and O–H groups in total. The predicted octanol–water partition coefficient (Wildman–Crippen LogP) is 4.52. The number of nitrogens with two attached hydrogens (primary N) is 2. The molecule has 0 aliphatic carbocycles. The van der Waals surface area contributed by atoms with Crippen molar-refractivity contribution >= 4 is 45.4 Å². The fourth-order valence-corrected chi connectivity index (χ4v) is 6.62. The third kappa shape index (κ3) is 14.7. The minimum Gasteiger partial charge on any atom is -0.494 e. The van der Waals surface area contributed by atoms with E-state index >= 15 is 0 Å². The summed E-state index contributed by atoms with van der Waals surface area (Å²) >= 11 is 0. The predicted molar refractivity (Wildman–Crippen MR) is 202 cm³/mol. The number of carbonyl (C=O) groups is 4. The van der Waals surface area contributed by atoms with Gasteiger partial charge in [-0.25, -0.2) is 18.2 Å². The van der Waals surface area contributed by atoms with Gasteiger partial charge in [0.1, 0.15) is 23.2 Å². The van der Waals surface area contributed by atoms with Crippen molar-refractivity contribution < 1.29 is 41.8 Å². The van der Waals surface area contributed by atoms with Gasteiger partial charge in [-0.15, -0.1) is 0 Å². The average molecular weight is 757 g/mol. The molecule has 1 heterocycles. The molecule has 0 bridgehead atoms. The van der Waals surface area contributed by atoms with Crippen LogP contribution < -0.4 is 31.1 Å². The first kappa shape index (κ1) is 43.9. The Hall–Kier alpha value is -5.22. The highest BCUT2D eigenvalue weighted by atomic mass is 32.2. The average Bonchev–Trinajstić information content (AvgIpc) is 3.05. The lowest BCUT2D eigenvalue weighted by Crippen LogP contribution is -2.39. The summed E-state index contributed by atoms with van der Waals surface area (Å²) in [5, 5.41) is 3.32. The Morgan fingerprint density at radius 1 is 0.943 bits per heavy atom. The molecule has 1 unspecified atom stereocenters. The second-order valence-corrected chi connectivity index (χ2v) is 14.8. The highest BCUT2D eigenvalue weighted by Gasteiger charge is 2.26. The Morgan fingerprint density at radius 2 is 1.60 bits per heavy atom. The maximum absolute atomic E-state index is 12.6. The molecular weight excluding hydrogens is 705 g/mol. The first-order valence-electron chi connectivity index (χ1n) is 16.9. The molecule has 1 atom stereocenters. The molecule has 3 amide bonds. The molecule has 0 aliphatic heterocycles. The lowest BCUT2D eigenvalue weighted by Gasteiger charge is -2.27. The fourth-order valence-electron chi connectivity index (χ4n) is 4.98. The zero-order valence-corrected chi connectivity index (χ0v) is 32.5. The number of rotatable bonds is 16. The van der Waals surface area contributed by atoms with Crippen LogP contribution in [-0.4, -0.2) is 75.7 Å². The number of nitrogens with one attached hydrogen (secondary N) is 2. The van der Waals surface area contributed by atoms with Crippen LogP contribution >= 0.6 is 0 Å². The number of hydrogen-bond acceptors (Lipinski definition) is 11. The van der Waals surface area contributed by atoms with E-state index < -0.39 is 45.5 Å². The highest BCUT2D eigenvalue weighted by molar-refractivity contribution is 7.89. The standard InChI is InChI=1S/C21H28N4O3.C16H24N2O6S/c1-15-14-16(19(22)26)9-10-17(15)23-12-7-13-25(18-8-5-6-11-24-18)20(27)28-21(2,3)4;1-10-8-13(24-7-5-6-14(17)19)9-11(2)15(10)25(21,22)18-12(3)16(20)23-4/h5-6,8-11,14,23H,7,12-13H2,1-4H3,(H2,22,26);8-9,12,18H,5-7H2,1-4H3,(H2,17,19). The van der Waals surface area contributed by atoms with E-state index in [9.17, 15) is 27.6 Å². The number of benzene rings is 2. The van der Waals surface area contributed by atoms with E-state index in [0.717, 1.165) is 11.3 Å². The SMILES string of the molecule is COC(=O)C(C)NS(=O)(=O)c1c(C)cc(OCCCC(N)=O)cc1C.Cc1cc(C(N)=O)ccc1NCCCN(C(=O)OC(C)(C)C)c1ccccn1.